The Balaban J connectivity index is 2.57. The second kappa shape index (κ2) is 7.20. The van der Waals surface area contributed by atoms with Crippen LogP contribution in [0.4, 0.5) is 5.69 Å². The lowest BCUT2D eigenvalue weighted by Gasteiger charge is -2.08. The summed E-state index contributed by atoms with van der Waals surface area (Å²) in [7, 11) is 0. The topological polar surface area (TPSA) is 98.3 Å². The second-order valence-electron chi connectivity index (χ2n) is 4.33. The Labute approximate surface area is 119 Å². The number of rotatable bonds is 6. The van der Waals surface area contributed by atoms with Gasteiger partial charge in [-0.1, -0.05) is 22.0 Å². The van der Waals surface area contributed by atoms with Crippen LogP contribution in [0.2, 0.25) is 0 Å². The average Bonchev–Trinajstić information content (AvgIpc) is 2.31. The molecule has 0 bridgehead atoms. The highest BCUT2D eigenvalue weighted by molar-refractivity contribution is 9.10. The quantitative estimate of drug-likeness (QED) is 0.613. The van der Waals surface area contributed by atoms with Crippen molar-refractivity contribution in [3.05, 3.63) is 38.3 Å². The van der Waals surface area contributed by atoms with Gasteiger partial charge in [-0.05, 0) is 18.9 Å². The molecule has 6 nitrogen and oxygen atoms in total. The van der Waals surface area contributed by atoms with Crippen molar-refractivity contribution in [3.8, 4) is 0 Å². The first-order valence-electron chi connectivity index (χ1n) is 5.85. The molecular formula is C12H16BrN3O3. The van der Waals surface area contributed by atoms with Crippen molar-refractivity contribution in [2.75, 3.05) is 6.54 Å². The van der Waals surface area contributed by atoms with E-state index < -0.39 is 4.92 Å². The number of hydrogen-bond donors (Lipinski definition) is 2. The van der Waals surface area contributed by atoms with Crippen molar-refractivity contribution in [2.24, 2.45) is 5.73 Å². The predicted octanol–water partition coefficient (Wildman–Crippen LogP) is 1.75. The first-order valence-corrected chi connectivity index (χ1v) is 6.64. The molecule has 3 N–H and O–H groups in total. The lowest BCUT2D eigenvalue weighted by molar-refractivity contribution is -0.384. The predicted molar refractivity (Wildman–Crippen MR) is 75.8 cm³/mol. The van der Waals surface area contributed by atoms with Gasteiger partial charge in [0.1, 0.15) is 0 Å². The standard InChI is InChI=1S/C12H16BrN3O3/c1-8(14)4-5-15-12(17)6-9-2-3-10(16(18)19)7-11(9)13/h2-3,7-8H,4-6,14H2,1H3,(H,15,17). The molecule has 1 amide bonds. The lowest BCUT2D eigenvalue weighted by atomic mass is 10.1. The Morgan fingerprint density at radius 2 is 2.26 bits per heavy atom. The number of amides is 1. The molecule has 0 radical (unpaired) electrons. The number of nitrogens with zero attached hydrogens (tertiary/aromatic N) is 1. The minimum Gasteiger partial charge on any atom is -0.356 e. The molecule has 104 valence electrons. The van der Waals surface area contributed by atoms with Crippen LogP contribution >= 0.6 is 15.9 Å². The van der Waals surface area contributed by atoms with Crippen LogP contribution < -0.4 is 11.1 Å². The van der Waals surface area contributed by atoms with Gasteiger partial charge in [0.15, 0.2) is 0 Å². The number of carbonyl (C=O) groups excluding carboxylic acids is 1. The van der Waals surface area contributed by atoms with E-state index >= 15 is 0 Å². The fraction of sp³-hybridized carbons (Fsp3) is 0.417. The monoisotopic (exact) mass is 329 g/mol. The number of benzene rings is 1. The van der Waals surface area contributed by atoms with Crippen LogP contribution in [0.25, 0.3) is 0 Å². The molecule has 0 aliphatic heterocycles. The number of hydrogen-bond acceptors (Lipinski definition) is 4. The van der Waals surface area contributed by atoms with Gasteiger partial charge in [-0.2, -0.15) is 0 Å². The third kappa shape index (κ3) is 5.35. The molecule has 1 aromatic rings. The first kappa shape index (κ1) is 15.6. The Morgan fingerprint density at radius 1 is 1.58 bits per heavy atom. The molecule has 0 aliphatic rings. The molecule has 0 spiro atoms. The number of nitro benzene ring substituents is 1. The first-order chi connectivity index (χ1) is 8.90. The van der Waals surface area contributed by atoms with E-state index in [-0.39, 0.29) is 24.1 Å². The summed E-state index contributed by atoms with van der Waals surface area (Å²) in [5.74, 6) is -0.129. The highest BCUT2D eigenvalue weighted by atomic mass is 79.9. The van der Waals surface area contributed by atoms with Gasteiger partial charge in [0.25, 0.3) is 5.69 Å². The van der Waals surface area contributed by atoms with Gasteiger partial charge in [0.2, 0.25) is 5.91 Å². The molecule has 1 aromatic carbocycles. The molecule has 0 aliphatic carbocycles. The molecule has 1 atom stereocenters. The van der Waals surface area contributed by atoms with Crippen LogP contribution in [-0.2, 0) is 11.2 Å². The summed E-state index contributed by atoms with van der Waals surface area (Å²) in [6, 6.07) is 4.40. The number of nitro groups is 1. The van der Waals surface area contributed by atoms with Gasteiger partial charge < -0.3 is 11.1 Å². The second-order valence-corrected chi connectivity index (χ2v) is 5.18. The maximum atomic E-state index is 11.7. The highest BCUT2D eigenvalue weighted by Crippen LogP contribution is 2.23. The number of carbonyl (C=O) groups is 1. The molecule has 1 unspecified atom stereocenters. The maximum absolute atomic E-state index is 11.7. The highest BCUT2D eigenvalue weighted by Gasteiger charge is 2.11. The van der Waals surface area contributed by atoms with Crippen LogP contribution in [0.3, 0.4) is 0 Å². The van der Waals surface area contributed by atoms with Crippen molar-refractivity contribution >= 4 is 27.5 Å². The third-order valence-electron chi connectivity index (χ3n) is 2.52. The van der Waals surface area contributed by atoms with E-state index in [9.17, 15) is 14.9 Å². The van der Waals surface area contributed by atoms with Crippen molar-refractivity contribution in [1.82, 2.24) is 5.32 Å². The van der Waals surface area contributed by atoms with Crippen LogP contribution in [0.1, 0.15) is 18.9 Å². The summed E-state index contributed by atoms with van der Waals surface area (Å²) >= 11 is 3.23. The van der Waals surface area contributed by atoms with Crippen molar-refractivity contribution in [2.45, 2.75) is 25.8 Å². The fourth-order valence-corrected chi connectivity index (χ4v) is 1.97. The zero-order valence-corrected chi connectivity index (χ0v) is 12.1. The van der Waals surface area contributed by atoms with Crippen LogP contribution in [0, 0.1) is 10.1 Å². The van der Waals surface area contributed by atoms with E-state index in [1.165, 1.54) is 12.1 Å². The summed E-state index contributed by atoms with van der Waals surface area (Å²) in [6.07, 6.45) is 0.894. The molecular weight excluding hydrogens is 314 g/mol. The molecule has 19 heavy (non-hydrogen) atoms. The molecule has 0 saturated carbocycles. The molecule has 0 heterocycles. The van der Waals surface area contributed by atoms with Gasteiger partial charge >= 0.3 is 0 Å². The normalized spacial score (nSPS) is 11.9. The minimum atomic E-state index is -0.475. The number of non-ortho nitro benzene ring substituents is 1. The average molecular weight is 330 g/mol. The van der Waals surface area contributed by atoms with Crippen molar-refractivity contribution < 1.29 is 9.72 Å². The largest absolute Gasteiger partial charge is 0.356 e. The number of nitrogens with two attached hydrogens (primary N) is 1. The fourth-order valence-electron chi connectivity index (χ4n) is 1.47. The Morgan fingerprint density at radius 3 is 2.79 bits per heavy atom. The van der Waals surface area contributed by atoms with E-state index in [1.807, 2.05) is 6.92 Å². The minimum absolute atomic E-state index is 0.00649. The van der Waals surface area contributed by atoms with E-state index in [1.54, 1.807) is 6.07 Å². The van der Waals surface area contributed by atoms with Crippen LogP contribution in [-0.4, -0.2) is 23.4 Å². The van der Waals surface area contributed by atoms with E-state index in [2.05, 4.69) is 21.2 Å². The van der Waals surface area contributed by atoms with Gasteiger partial charge in [-0.25, -0.2) is 0 Å². The van der Waals surface area contributed by atoms with Crippen molar-refractivity contribution in [3.63, 3.8) is 0 Å². The smallest absolute Gasteiger partial charge is 0.270 e. The van der Waals surface area contributed by atoms with Crippen LogP contribution in [0.5, 0.6) is 0 Å². The van der Waals surface area contributed by atoms with Crippen LogP contribution in [0.15, 0.2) is 22.7 Å². The van der Waals surface area contributed by atoms with E-state index in [0.29, 0.717) is 23.0 Å². The summed E-state index contributed by atoms with van der Waals surface area (Å²) in [5.41, 5.74) is 6.28. The SMILES string of the molecule is CC(N)CCNC(=O)Cc1ccc([N+](=O)[O-])cc1Br. The summed E-state index contributed by atoms with van der Waals surface area (Å²) in [6.45, 7) is 2.40. The summed E-state index contributed by atoms with van der Waals surface area (Å²) < 4.78 is 0.559. The third-order valence-corrected chi connectivity index (χ3v) is 3.26. The zero-order valence-electron chi connectivity index (χ0n) is 10.6. The summed E-state index contributed by atoms with van der Waals surface area (Å²) in [4.78, 5) is 21.8. The zero-order chi connectivity index (χ0) is 14.4. The van der Waals surface area contributed by atoms with Crippen molar-refractivity contribution in [1.29, 1.82) is 0 Å². The molecule has 1 rings (SSSR count). The Kier molecular flexibility index (Phi) is 5.91. The maximum Gasteiger partial charge on any atom is 0.270 e. The van der Waals surface area contributed by atoms with Gasteiger partial charge in [-0.3, -0.25) is 14.9 Å². The lowest BCUT2D eigenvalue weighted by Crippen LogP contribution is -2.30. The van der Waals surface area contributed by atoms with Gasteiger partial charge in [-0.15, -0.1) is 0 Å². The number of halogens is 1. The molecule has 0 saturated heterocycles. The number of nitrogens with one attached hydrogen (secondary N) is 1. The van der Waals surface area contributed by atoms with Gasteiger partial charge in [0.05, 0.1) is 11.3 Å². The molecule has 7 heteroatoms. The van der Waals surface area contributed by atoms with E-state index in [0.717, 1.165) is 0 Å². The molecule has 0 aromatic heterocycles. The van der Waals surface area contributed by atoms with Gasteiger partial charge in [0, 0.05) is 29.2 Å². The molecule has 0 fully saturated rings. The van der Waals surface area contributed by atoms with E-state index in [4.69, 9.17) is 5.73 Å². The Bertz CT molecular complexity index is 477. The Hall–Kier alpha value is -1.47. The summed E-state index contributed by atoms with van der Waals surface area (Å²) in [5, 5.41) is 13.3.